The van der Waals surface area contributed by atoms with Crippen molar-refractivity contribution in [3.63, 3.8) is 0 Å². The Kier molecular flexibility index (Phi) is 5.76. The highest BCUT2D eigenvalue weighted by Gasteiger charge is 2.36. The first-order valence-corrected chi connectivity index (χ1v) is 9.16. The van der Waals surface area contributed by atoms with E-state index < -0.39 is 26.8 Å². The van der Waals surface area contributed by atoms with Gasteiger partial charge >= 0.3 is 6.18 Å². The molecule has 0 radical (unpaired) electrons. The first-order valence-electron chi connectivity index (χ1n) is 7.30. The maximum atomic E-state index is 12.6. The van der Waals surface area contributed by atoms with Crippen molar-refractivity contribution in [2.75, 3.05) is 0 Å². The third-order valence-corrected chi connectivity index (χ3v) is 6.35. The second kappa shape index (κ2) is 6.99. The number of hydrogen-bond acceptors (Lipinski definition) is 3. The van der Waals surface area contributed by atoms with Crippen LogP contribution in [0.4, 0.5) is 13.2 Å². The lowest BCUT2D eigenvalue weighted by Gasteiger charge is -2.29. The number of benzene rings is 1. The van der Waals surface area contributed by atoms with Crippen LogP contribution in [-0.4, -0.2) is 26.5 Å². The van der Waals surface area contributed by atoms with E-state index in [9.17, 15) is 21.6 Å². The van der Waals surface area contributed by atoms with Gasteiger partial charge in [-0.15, -0.1) is 12.4 Å². The Balaban J connectivity index is 0.00000208. The molecule has 4 nitrogen and oxygen atoms in total. The average molecular weight is 405 g/mol. The first-order chi connectivity index (χ1) is 10.6. The molecule has 2 aliphatic rings. The zero-order valence-corrected chi connectivity index (χ0v) is 14.8. The summed E-state index contributed by atoms with van der Waals surface area (Å²) in [4.78, 5) is -0.321. The van der Waals surface area contributed by atoms with Crippen molar-refractivity contribution in [2.24, 2.45) is 0 Å². The zero-order valence-electron chi connectivity index (χ0n) is 12.4. The largest absolute Gasteiger partial charge is 0.416 e. The van der Waals surface area contributed by atoms with Gasteiger partial charge in [0.25, 0.3) is 0 Å². The molecule has 24 heavy (non-hydrogen) atoms. The monoisotopic (exact) mass is 404 g/mol. The number of fused-ring (bicyclic) bond motifs is 2. The van der Waals surface area contributed by atoms with E-state index in [1.54, 1.807) is 0 Å². The third kappa shape index (κ3) is 4.16. The van der Waals surface area contributed by atoms with Gasteiger partial charge in [0, 0.05) is 18.1 Å². The van der Waals surface area contributed by atoms with Crippen LogP contribution in [0.25, 0.3) is 0 Å². The molecule has 2 atom stereocenters. The maximum absolute atomic E-state index is 12.6. The van der Waals surface area contributed by atoms with Crippen molar-refractivity contribution in [3.8, 4) is 0 Å². The number of rotatable bonds is 3. The predicted molar refractivity (Wildman–Crippen MR) is 87.0 cm³/mol. The highest BCUT2D eigenvalue weighted by Crippen LogP contribution is 2.34. The molecule has 10 heteroatoms. The summed E-state index contributed by atoms with van der Waals surface area (Å²) in [6.45, 7) is 0. The van der Waals surface area contributed by atoms with Gasteiger partial charge in [-0.1, -0.05) is 11.6 Å². The fraction of sp³-hybridized carbons (Fsp3) is 0.571. The summed E-state index contributed by atoms with van der Waals surface area (Å²) in [7, 11) is -3.95. The molecule has 2 aliphatic heterocycles. The zero-order chi connectivity index (χ0) is 16.8. The van der Waals surface area contributed by atoms with E-state index in [-0.39, 0.29) is 23.3 Å². The van der Waals surface area contributed by atoms with Crippen molar-refractivity contribution < 1.29 is 21.6 Å². The molecule has 3 rings (SSSR count). The van der Waals surface area contributed by atoms with Gasteiger partial charge in [-0.05, 0) is 43.9 Å². The normalized spacial score (nSPS) is 26.9. The second-order valence-corrected chi connectivity index (χ2v) is 8.16. The lowest BCUT2D eigenvalue weighted by Crippen LogP contribution is -2.47. The minimum Gasteiger partial charge on any atom is -0.311 e. The smallest absolute Gasteiger partial charge is 0.311 e. The van der Waals surface area contributed by atoms with Gasteiger partial charge in [0.05, 0.1) is 10.6 Å². The minimum absolute atomic E-state index is 0. The highest BCUT2D eigenvalue weighted by atomic mass is 35.5. The Hall–Kier alpha value is -0.540. The molecule has 1 aromatic carbocycles. The number of hydrogen-bond donors (Lipinski definition) is 2. The molecule has 0 amide bonds. The van der Waals surface area contributed by atoms with Crippen molar-refractivity contribution in [1.82, 2.24) is 10.0 Å². The summed E-state index contributed by atoms with van der Waals surface area (Å²) < 4.78 is 65.3. The molecule has 136 valence electrons. The lowest BCUT2D eigenvalue weighted by molar-refractivity contribution is -0.137. The molecule has 0 aliphatic carbocycles. The molecule has 2 N–H and O–H groups in total. The SMILES string of the molecule is Cl.O=S(=O)(NC1CC2CCC(C1)N2)c1ccc(C(F)(F)F)cc1Cl. The quantitative estimate of drug-likeness (QED) is 0.811. The number of sulfonamides is 1. The van der Waals surface area contributed by atoms with E-state index in [0.29, 0.717) is 31.0 Å². The van der Waals surface area contributed by atoms with E-state index in [1.807, 2.05) is 0 Å². The first kappa shape index (κ1) is 19.8. The summed E-state index contributed by atoms with van der Waals surface area (Å²) in [6.07, 6.45) is -1.18. The van der Waals surface area contributed by atoms with Gasteiger partial charge < -0.3 is 5.32 Å². The van der Waals surface area contributed by atoms with Crippen LogP contribution in [-0.2, 0) is 16.2 Å². The van der Waals surface area contributed by atoms with Gasteiger partial charge in [-0.2, -0.15) is 13.2 Å². The van der Waals surface area contributed by atoms with Crippen molar-refractivity contribution in [2.45, 2.75) is 54.9 Å². The van der Waals surface area contributed by atoms with Gasteiger partial charge in [0.15, 0.2) is 0 Å². The van der Waals surface area contributed by atoms with Gasteiger partial charge in [-0.3, -0.25) is 0 Å². The molecule has 2 bridgehead atoms. The summed E-state index contributed by atoms with van der Waals surface area (Å²) in [5, 5.41) is 2.97. The van der Waals surface area contributed by atoms with Crippen LogP contribution >= 0.6 is 24.0 Å². The molecule has 2 heterocycles. The standard InChI is InChI=1S/C14H16ClF3N2O2S.ClH/c15-12-5-8(14(16,17)18)1-4-13(12)23(21,22)20-11-6-9-2-3-10(7-11)19-9;/h1,4-5,9-11,19-20H,2-3,6-7H2;1H. The molecule has 0 spiro atoms. The van der Waals surface area contributed by atoms with Gasteiger partial charge in [-0.25, -0.2) is 13.1 Å². The van der Waals surface area contributed by atoms with Gasteiger partial charge in [0.2, 0.25) is 10.0 Å². The van der Waals surface area contributed by atoms with Crippen molar-refractivity contribution in [1.29, 1.82) is 0 Å². The second-order valence-electron chi connectivity index (χ2n) is 6.07. The Morgan fingerprint density at radius 1 is 1.17 bits per heavy atom. The molecule has 2 fully saturated rings. The number of nitrogens with one attached hydrogen (secondary N) is 2. The van der Waals surface area contributed by atoms with Crippen LogP contribution < -0.4 is 10.0 Å². The summed E-state index contributed by atoms with van der Waals surface area (Å²) in [5.41, 5.74) is -0.971. The third-order valence-electron chi connectivity index (χ3n) is 4.34. The molecule has 1 aromatic rings. The van der Waals surface area contributed by atoms with Crippen molar-refractivity contribution >= 4 is 34.0 Å². The molecular weight excluding hydrogens is 388 g/mol. The fourth-order valence-electron chi connectivity index (χ4n) is 3.33. The van der Waals surface area contributed by atoms with Crippen LogP contribution in [0.15, 0.2) is 23.1 Å². The van der Waals surface area contributed by atoms with Gasteiger partial charge in [0.1, 0.15) is 4.90 Å². The summed E-state index contributed by atoms with van der Waals surface area (Å²) in [5.74, 6) is 0. The number of alkyl halides is 3. The predicted octanol–water partition coefficient (Wildman–Crippen LogP) is 3.34. The average Bonchev–Trinajstić information content (AvgIpc) is 2.76. The van der Waals surface area contributed by atoms with E-state index in [4.69, 9.17) is 11.6 Å². The number of halogens is 5. The Morgan fingerprint density at radius 2 is 1.75 bits per heavy atom. The highest BCUT2D eigenvalue weighted by molar-refractivity contribution is 7.89. The van der Waals surface area contributed by atoms with Crippen LogP contribution in [0.1, 0.15) is 31.2 Å². The van der Waals surface area contributed by atoms with E-state index in [2.05, 4.69) is 10.0 Å². The topological polar surface area (TPSA) is 58.2 Å². The van der Waals surface area contributed by atoms with E-state index in [1.165, 1.54) is 0 Å². The summed E-state index contributed by atoms with van der Waals surface area (Å²) in [6, 6.07) is 2.64. The fourth-order valence-corrected chi connectivity index (χ4v) is 5.14. The van der Waals surface area contributed by atoms with Crippen LogP contribution in [0.5, 0.6) is 0 Å². The van der Waals surface area contributed by atoms with E-state index >= 15 is 0 Å². The van der Waals surface area contributed by atoms with Crippen LogP contribution in [0.3, 0.4) is 0 Å². The maximum Gasteiger partial charge on any atom is 0.416 e. The summed E-state index contributed by atoms with van der Waals surface area (Å²) >= 11 is 5.78. The van der Waals surface area contributed by atoms with Crippen LogP contribution in [0, 0.1) is 0 Å². The molecule has 2 saturated heterocycles. The number of piperidine rings is 1. The lowest BCUT2D eigenvalue weighted by atomic mass is 10.0. The Labute approximate surface area is 149 Å². The van der Waals surface area contributed by atoms with Crippen molar-refractivity contribution in [3.05, 3.63) is 28.8 Å². The molecule has 2 unspecified atom stereocenters. The molecule has 0 aromatic heterocycles. The molecule has 0 saturated carbocycles. The minimum atomic E-state index is -4.56. The Bertz CT molecular complexity index is 700. The molecular formula is C14H17Cl2F3N2O2S. The Morgan fingerprint density at radius 3 is 2.25 bits per heavy atom. The van der Waals surface area contributed by atoms with E-state index in [0.717, 1.165) is 25.0 Å². The van der Waals surface area contributed by atoms with Crippen LogP contribution in [0.2, 0.25) is 5.02 Å².